The molecule has 3 nitrogen and oxygen atoms in total. The highest BCUT2D eigenvalue weighted by molar-refractivity contribution is 5.92. The highest BCUT2D eigenvalue weighted by Gasteiger charge is 2.12. The molecule has 0 N–H and O–H groups in total. The Morgan fingerprint density at radius 1 is 0.958 bits per heavy atom. The minimum atomic E-state index is 0.652. The Kier molecular flexibility index (Phi) is 4.81. The molecular weight excluding hydrogens is 296 g/mol. The van der Waals surface area contributed by atoms with Crippen LogP contribution in [0.4, 0.5) is 0 Å². The summed E-state index contributed by atoms with van der Waals surface area (Å²) in [6, 6.07) is 14.8. The van der Waals surface area contributed by atoms with Gasteiger partial charge in [0.1, 0.15) is 12.4 Å². The van der Waals surface area contributed by atoms with Crippen LogP contribution in [0.25, 0.3) is 22.0 Å². The molecule has 124 valence electrons. The first-order valence-corrected chi connectivity index (χ1v) is 8.28. The van der Waals surface area contributed by atoms with E-state index in [0.717, 1.165) is 34.3 Å². The largest absolute Gasteiger partial charge is 0.491 e. The van der Waals surface area contributed by atoms with Crippen LogP contribution in [0, 0.1) is 13.8 Å². The first kappa shape index (κ1) is 16.5. The van der Waals surface area contributed by atoms with Crippen LogP contribution in [0.2, 0.25) is 0 Å². The van der Waals surface area contributed by atoms with E-state index >= 15 is 0 Å². The van der Waals surface area contributed by atoms with E-state index in [1.54, 1.807) is 0 Å². The minimum Gasteiger partial charge on any atom is -0.491 e. The molecule has 0 fully saturated rings. The molecule has 3 rings (SSSR count). The fraction of sp³-hybridized carbons (Fsp3) is 0.286. The van der Waals surface area contributed by atoms with Crippen LogP contribution in [0.1, 0.15) is 11.1 Å². The number of benzene rings is 2. The Hall–Kier alpha value is -2.39. The standard InChI is InChI=1S/C21H24N2O/c1-15-5-8-17(9-6-15)19-14-22-20-13-16(2)7-10-18(20)21(19)24-12-11-23(3)4/h5-10,13-14H,11-12H2,1-4H3. The third-order valence-electron chi connectivity index (χ3n) is 4.12. The lowest BCUT2D eigenvalue weighted by molar-refractivity contribution is 0.264. The van der Waals surface area contributed by atoms with Gasteiger partial charge in [0.15, 0.2) is 0 Å². The average molecular weight is 320 g/mol. The number of aryl methyl sites for hydroxylation is 2. The fourth-order valence-electron chi connectivity index (χ4n) is 2.70. The second-order valence-electron chi connectivity index (χ2n) is 6.54. The minimum absolute atomic E-state index is 0.652. The lowest BCUT2D eigenvalue weighted by atomic mass is 10.0. The molecule has 2 aromatic carbocycles. The number of hydrogen-bond donors (Lipinski definition) is 0. The Labute approximate surface area is 143 Å². The van der Waals surface area contributed by atoms with Crippen molar-refractivity contribution in [3.8, 4) is 16.9 Å². The van der Waals surface area contributed by atoms with Gasteiger partial charge in [-0.2, -0.15) is 0 Å². The van der Waals surface area contributed by atoms with Crippen LogP contribution in [-0.4, -0.2) is 37.1 Å². The zero-order chi connectivity index (χ0) is 17.1. The topological polar surface area (TPSA) is 25.4 Å². The first-order valence-electron chi connectivity index (χ1n) is 8.28. The number of nitrogens with zero attached hydrogens (tertiary/aromatic N) is 2. The number of aromatic nitrogens is 1. The molecule has 0 aliphatic carbocycles. The van der Waals surface area contributed by atoms with Gasteiger partial charge in [-0.15, -0.1) is 0 Å². The maximum atomic E-state index is 6.20. The van der Waals surface area contributed by atoms with Gasteiger partial charge in [-0.05, 0) is 51.2 Å². The van der Waals surface area contributed by atoms with E-state index in [0.29, 0.717) is 6.61 Å². The molecule has 0 unspecified atom stereocenters. The number of fused-ring (bicyclic) bond motifs is 1. The van der Waals surface area contributed by atoms with Gasteiger partial charge in [-0.1, -0.05) is 35.9 Å². The summed E-state index contributed by atoms with van der Waals surface area (Å²) in [6.45, 7) is 5.71. The first-order chi connectivity index (χ1) is 11.5. The van der Waals surface area contributed by atoms with Gasteiger partial charge in [-0.3, -0.25) is 4.98 Å². The summed E-state index contributed by atoms with van der Waals surface area (Å²) < 4.78 is 6.20. The molecule has 0 bridgehead atoms. The molecule has 0 aliphatic heterocycles. The van der Waals surface area contributed by atoms with Gasteiger partial charge < -0.3 is 9.64 Å². The number of pyridine rings is 1. The summed E-state index contributed by atoms with van der Waals surface area (Å²) in [4.78, 5) is 6.78. The average Bonchev–Trinajstić information content (AvgIpc) is 2.55. The maximum Gasteiger partial charge on any atom is 0.138 e. The van der Waals surface area contributed by atoms with Crippen molar-refractivity contribution in [2.45, 2.75) is 13.8 Å². The maximum absolute atomic E-state index is 6.20. The lowest BCUT2D eigenvalue weighted by Crippen LogP contribution is -2.19. The zero-order valence-corrected chi connectivity index (χ0v) is 14.8. The van der Waals surface area contributed by atoms with Crippen molar-refractivity contribution in [2.75, 3.05) is 27.2 Å². The van der Waals surface area contributed by atoms with E-state index in [2.05, 4.69) is 80.3 Å². The van der Waals surface area contributed by atoms with E-state index in [4.69, 9.17) is 4.74 Å². The van der Waals surface area contributed by atoms with Crippen LogP contribution in [0.3, 0.4) is 0 Å². The zero-order valence-electron chi connectivity index (χ0n) is 14.8. The van der Waals surface area contributed by atoms with Gasteiger partial charge in [0.2, 0.25) is 0 Å². The molecule has 1 heterocycles. The molecule has 0 radical (unpaired) electrons. The Bertz CT molecular complexity index is 838. The number of likely N-dealkylation sites (N-methyl/N-ethyl adjacent to an activating group) is 1. The SMILES string of the molecule is Cc1ccc(-c2cnc3cc(C)ccc3c2OCCN(C)C)cc1. The van der Waals surface area contributed by atoms with Crippen molar-refractivity contribution in [3.63, 3.8) is 0 Å². The normalized spacial score (nSPS) is 11.2. The second-order valence-corrected chi connectivity index (χ2v) is 6.54. The highest BCUT2D eigenvalue weighted by Crippen LogP contribution is 2.36. The lowest BCUT2D eigenvalue weighted by Gasteiger charge is -2.16. The van der Waals surface area contributed by atoms with Crippen molar-refractivity contribution in [3.05, 3.63) is 59.8 Å². The quantitative estimate of drug-likeness (QED) is 0.694. The predicted octanol–water partition coefficient (Wildman–Crippen LogP) is 4.46. The molecule has 0 saturated heterocycles. The van der Waals surface area contributed by atoms with Crippen molar-refractivity contribution in [1.29, 1.82) is 0 Å². The Balaban J connectivity index is 2.09. The van der Waals surface area contributed by atoms with E-state index in [9.17, 15) is 0 Å². The Morgan fingerprint density at radius 3 is 2.38 bits per heavy atom. The van der Waals surface area contributed by atoms with Gasteiger partial charge in [0.05, 0.1) is 5.52 Å². The van der Waals surface area contributed by atoms with E-state index in [1.807, 2.05) is 6.20 Å². The number of rotatable bonds is 5. The summed E-state index contributed by atoms with van der Waals surface area (Å²) in [5.74, 6) is 0.922. The van der Waals surface area contributed by atoms with E-state index < -0.39 is 0 Å². The van der Waals surface area contributed by atoms with E-state index in [-0.39, 0.29) is 0 Å². The van der Waals surface area contributed by atoms with Crippen molar-refractivity contribution in [1.82, 2.24) is 9.88 Å². The molecule has 3 heteroatoms. The molecule has 1 aromatic heterocycles. The van der Waals surface area contributed by atoms with Crippen LogP contribution in [-0.2, 0) is 0 Å². The monoisotopic (exact) mass is 320 g/mol. The third-order valence-corrected chi connectivity index (χ3v) is 4.12. The highest BCUT2D eigenvalue weighted by atomic mass is 16.5. The predicted molar refractivity (Wildman–Crippen MR) is 101 cm³/mol. The third kappa shape index (κ3) is 3.57. The summed E-state index contributed by atoms with van der Waals surface area (Å²) in [5, 5.41) is 1.07. The fourth-order valence-corrected chi connectivity index (χ4v) is 2.70. The molecule has 0 amide bonds. The van der Waals surface area contributed by atoms with E-state index in [1.165, 1.54) is 11.1 Å². The van der Waals surface area contributed by atoms with Crippen molar-refractivity contribution in [2.24, 2.45) is 0 Å². The van der Waals surface area contributed by atoms with Crippen molar-refractivity contribution < 1.29 is 4.74 Å². The summed E-state index contributed by atoms with van der Waals surface area (Å²) >= 11 is 0. The molecule has 24 heavy (non-hydrogen) atoms. The van der Waals surface area contributed by atoms with Gasteiger partial charge in [0.25, 0.3) is 0 Å². The molecule has 3 aromatic rings. The van der Waals surface area contributed by atoms with Gasteiger partial charge in [-0.25, -0.2) is 0 Å². The Morgan fingerprint density at radius 2 is 1.67 bits per heavy atom. The van der Waals surface area contributed by atoms with Crippen LogP contribution in [0.5, 0.6) is 5.75 Å². The van der Waals surface area contributed by atoms with Gasteiger partial charge in [0, 0.05) is 23.7 Å². The smallest absolute Gasteiger partial charge is 0.138 e. The second kappa shape index (κ2) is 7.02. The molecule has 0 saturated carbocycles. The van der Waals surface area contributed by atoms with Crippen LogP contribution < -0.4 is 4.74 Å². The molecular formula is C21H24N2O. The molecule has 0 atom stereocenters. The van der Waals surface area contributed by atoms with Crippen LogP contribution in [0.15, 0.2) is 48.7 Å². The summed E-state index contributed by atoms with van der Waals surface area (Å²) in [5.41, 5.74) is 5.61. The molecule has 0 aliphatic rings. The van der Waals surface area contributed by atoms with Crippen LogP contribution >= 0.6 is 0 Å². The van der Waals surface area contributed by atoms with Gasteiger partial charge >= 0.3 is 0 Å². The summed E-state index contributed by atoms with van der Waals surface area (Å²) in [6.07, 6.45) is 1.93. The summed E-state index contributed by atoms with van der Waals surface area (Å²) in [7, 11) is 4.11. The van der Waals surface area contributed by atoms with Crippen molar-refractivity contribution >= 4 is 10.9 Å². The molecule has 0 spiro atoms. The number of ether oxygens (including phenoxy) is 1. The number of hydrogen-bond acceptors (Lipinski definition) is 3.